The van der Waals surface area contributed by atoms with Crippen molar-refractivity contribution in [1.29, 1.82) is 5.26 Å². The highest BCUT2D eigenvalue weighted by molar-refractivity contribution is 5.90. The number of ether oxygens (including phenoxy) is 2. The van der Waals surface area contributed by atoms with Gasteiger partial charge >= 0.3 is 5.97 Å². The fraction of sp³-hybridized carbons (Fsp3) is 0.105. The summed E-state index contributed by atoms with van der Waals surface area (Å²) >= 11 is 0. The van der Waals surface area contributed by atoms with Crippen molar-refractivity contribution >= 4 is 28.7 Å². The van der Waals surface area contributed by atoms with Gasteiger partial charge in [0.1, 0.15) is 11.9 Å². The van der Waals surface area contributed by atoms with Crippen molar-refractivity contribution in [1.82, 2.24) is 9.97 Å². The van der Waals surface area contributed by atoms with Crippen LogP contribution in [0.2, 0.25) is 0 Å². The molecule has 0 aliphatic carbocycles. The summed E-state index contributed by atoms with van der Waals surface area (Å²) in [5, 5.41) is 9.49. The first-order chi connectivity index (χ1) is 12.1. The molecule has 0 radical (unpaired) electrons. The van der Waals surface area contributed by atoms with Crippen molar-refractivity contribution in [3.8, 4) is 17.6 Å². The minimum Gasteiger partial charge on any atom is -0.493 e. The quantitative estimate of drug-likeness (QED) is 0.448. The molecule has 2 aromatic carbocycles. The minimum atomic E-state index is -0.447. The number of nitriles is 1. The van der Waals surface area contributed by atoms with E-state index in [0.29, 0.717) is 28.5 Å². The van der Waals surface area contributed by atoms with Crippen molar-refractivity contribution in [3.05, 3.63) is 53.9 Å². The number of hydrogen-bond acceptors (Lipinski definition) is 5. The van der Waals surface area contributed by atoms with Crippen LogP contribution in [0.1, 0.15) is 18.3 Å². The first-order valence-electron chi connectivity index (χ1n) is 7.54. The number of aromatic amines is 1. The molecule has 0 fully saturated rings. The van der Waals surface area contributed by atoms with E-state index in [1.54, 1.807) is 24.3 Å². The molecule has 124 valence electrons. The van der Waals surface area contributed by atoms with Gasteiger partial charge < -0.3 is 14.5 Å². The van der Waals surface area contributed by atoms with Crippen LogP contribution in [0.3, 0.4) is 0 Å². The number of rotatable bonds is 4. The number of nitrogens with zero attached hydrogens (tertiary/aromatic N) is 2. The molecular formula is C19H15N3O3. The number of benzene rings is 2. The van der Waals surface area contributed by atoms with Crippen LogP contribution in [0, 0.1) is 11.3 Å². The Morgan fingerprint density at radius 3 is 2.72 bits per heavy atom. The molecule has 0 amide bonds. The predicted molar refractivity (Wildman–Crippen MR) is 93.9 cm³/mol. The van der Waals surface area contributed by atoms with Crippen LogP contribution in [0.15, 0.2) is 42.5 Å². The Hall–Kier alpha value is -3.59. The first kappa shape index (κ1) is 16.3. The van der Waals surface area contributed by atoms with Crippen molar-refractivity contribution in [2.45, 2.75) is 6.92 Å². The molecule has 0 atom stereocenters. The minimum absolute atomic E-state index is 0.297. The lowest BCUT2D eigenvalue weighted by Gasteiger charge is -2.08. The zero-order valence-corrected chi connectivity index (χ0v) is 13.7. The number of aromatic nitrogens is 2. The van der Waals surface area contributed by atoms with Gasteiger partial charge in [0.05, 0.1) is 23.7 Å². The Morgan fingerprint density at radius 2 is 2.04 bits per heavy atom. The number of imidazole rings is 1. The van der Waals surface area contributed by atoms with Gasteiger partial charge in [-0.15, -0.1) is 0 Å². The molecule has 0 spiro atoms. The molecule has 6 heteroatoms. The van der Waals surface area contributed by atoms with Crippen molar-refractivity contribution in [2.75, 3.05) is 7.11 Å². The van der Waals surface area contributed by atoms with E-state index in [0.717, 1.165) is 11.0 Å². The third-order valence-electron chi connectivity index (χ3n) is 3.52. The Balaban J connectivity index is 2.02. The molecule has 0 unspecified atom stereocenters. The number of esters is 1. The molecule has 25 heavy (non-hydrogen) atoms. The Labute approximate surface area is 144 Å². The third-order valence-corrected chi connectivity index (χ3v) is 3.52. The summed E-state index contributed by atoms with van der Waals surface area (Å²) < 4.78 is 10.3. The summed E-state index contributed by atoms with van der Waals surface area (Å²) in [5.74, 6) is 0.769. The number of carbonyl (C=O) groups excluding carboxylic acids is 1. The van der Waals surface area contributed by atoms with E-state index in [4.69, 9.17) is 9.47 Å². The van der Waals surface area contributed by atoms with Crippen LogP contribution in [0.4, 0.5) is 0 Å². The van der Waals surface area contributed by atoms with Gasteiger partial charge in [-0.25, -0.2) is 4.98 Å². The van der Waals surface area contributed by atoms with Crippen LogP contribution < -0.4 is 9.47 Å². The lowest BCUT2D eigenvalue weighted by molar-refractivity contribution is -0.132. The molecule has 1 heterocycles. The second-order valence-electron chi connectivity index (χ2n) is 5.28. The SMILES string of the molecule is COc1ccc(/C=C(\C#N)c2nc3ccccc3[nH]2)cc1OC(C)=O. The number of H-pyrrole nitrogens is 1. The zero-order chi connectivity index (χ0) is 17.8. The number of para-hydroxylation sites is 2. The topological polar surface area (TPSA) is 88.0 Å². The average molecular weight is 333 g/mol. The van der Waals surface area contributed by atoms with E-state index in [2.05, 4.69) is 16.0 Å². The maximum absolute atomic E-state index is 11.2. The molecule has 1 N–H and O–H groups in total. The van der Waals surface area contributed by atoms with Crippen molar-refractivity contribution in [2.24, 2.45) is 0 Å². The highest BCUT2D eigenvalue weighted by Gasteiger charge is 2.10. The molecule has 3 aromatic rings. The van der Waals surface area contributed by atoms with Gasteiger partial charge in [0.25, 0.3) is 0 Å². The molecule has 6 nitrogen and oxygen atoms in total. The van der Waals surface area contributed by atoms with Crippen LogP contribution >= 0.6 is 0 Å². The molecular weight excluding hydrogens is 318 g/mol. The molecule has 0 aliphatic rings. The molecule has 3 rings (SSSR count). The molecule has 1 aromatic heterocycles. The van der Waals surface area contributed by atoms with Crippen LogP contribution in [-0.4, -0.2) is 23.0 Å². The average Bonchev–Trinajstić information content (AvgIpc) is 3.03. The van der Waals surface area contributed by atoms with Gasteiger partial charge in [0, 0.05) is 6.92 Å². The second-order valence-corrected chi connectivity index (χ2v) is 5.28. The summed E-state index contributed by atoms with van der Waals surface area (Å²) in [6.45, 7) is 1.32. The summed E-state index contributed by atoms with van der Waals surface area (Å²) in [7, 11) is 1.49. The van der Waals surface area contributed by atoms with E-state index in [1.807, 2.05) is 24.3 Å². The van der Waals surface area contributed by atoms with Gasteiger partial charge in [-0.1, -0.05) is 18.2 Å². The summed E-state index contributed by atoms with van der Waals surface area (Å²) in [6.07, 6.45) is 1.67. The monoisotopic (exact) mass is 333 g/mol. The molecule has 0 saturated carbocycles. The van der Waals surface area contributed by atoms with E-state index in [9.17, 15) is 10.1 Å². The number of methoxy groups -OCH3 is 1. The number of nitrogens with one attached hydrogen (secondary N) is 1. The first-order valence-corrected chi connectivity index (χ1v) is 7.54. The largest absolute Gasteiger partial charge is 0.493 e. The van der Waals surface area contributed by atoms with E-state index in [-0.39, 0.29) is 0 Å². The molecule has 0 aliphatic heterocycles. The van der Waals surface area contributed by atoms with Gasteiger partial charge in [-0.05, 0) is 35.9 Å². The summed E-state index contributed by atoms with van der Waals surface area (Å²) in [4.78, 5) is 18.8. The molecule has 0 bridgehead atoms. The summed E-state index contributed by atoms with van der Waals surface area (Å²) in [6, 6.07) is 14.8. The van der Waals surface area contributed by atoms with Crippen LogP contribution in [0.5, 0.6) is 11.5 Å². The van der Waals surface area contributed by atoms with E-state index < -0.39 is 5.97 Å². The second kappa shape index (κ2) is 6.89. The normalized spacial score (nSPS) is 11.2. The van der Waals surface area contributed by atoms with Crippen molar-refractivity contribution < 1.29 is 14.3 Å². The fourth-order valence-corrected chi connectivity index (χ4v) is 2.42. The number of carbonyl (C=O) groups is 1. The zero-order valence-electron chi connectivity index (χ0n) is 13.7. The lowest BCUT2D eigenvalue weighted by atomic mass is 10.1. The van der Waals surface area contributed by atoms with Crippen LogP contribution in [0.25, 0.3) is 22.7 Å². The smallest absolute Gasteiger partial charge is 0.308 e. The van der Waals surface area contributed by atoms with Gasteiger partial charge in [0.15, 0.2) is 11.5 Å². The highest BCUT2D eigenvalue weighted by Crippen LogP contribution is 2.30. The number of hydrogen-bond donors (Lipinski definition) is 1. The summed E-state index contributed by atoms with van der Waals surface area (Å²) in [5.41, 5.74) is 2.70. The number of fused-ring (bicyclic) bond motifs is 1. The third kappa shape index (κ3) is 3.51. The van der Waals surface area contributed by atoms with Crippen molar-refractivity contribution in [3.63, 3.8) is 0 Å². The fourth-order valence-electron chi connectivity index (χ4n) is 2.42. The lowest BCUT2D eigenvalue weighted by Crippen LogP contribution is -2.03. The van der Waals surface area contributed by atoms with Gasteiger partial charge in [0.2, 0.25) is 0 Å². The maximum Gasteiger partial charge on any atom is 0.308 e. The van der Waals surface area contributed by atoms with Gasteiger partial charge in [-0.3, -0.25) is 4.79 Å². The van der Waals surface area contributed by atoms with Gasteiger partial charge in [-0.2, -0.15) is 5.26 Å². The predicted octanol–water partition coefficient (Wildman–Crippen LogP) is 3.56. The Bertz CT molecular complexity index is 979. The van der Waals surface area contributed by atoms with E-state index in [1.165, 1.54) is 14.0 Å². The standard InChI is InChI=1S/C19H15N3O3/c1-12(23)25-18-10-13(7-8-17(18)24-2)9-14(11-20)19-21-15-5-3-4-6-16(15)22-19/h3-10H,1-2H3,(H,21,22)/b14-9+. The highest BCUT2D eigenvalue weighted by atomic mass is 16.6. The molecule has 0 saturated heterocycles. The van der Waals surface area contributed by atoms with E-state index >= 15 is 0 Å². The Kier molecular flexibility index (Phi) is 4.48. The number of allylic oxidation sites excluding steroid dienone is 1. The Morgan fingerprint density at radius 1 is 1.24 bits per heavy atom. The maximum atomic E-state index is 11.2. The van der Waals surface area contributed by atoms with Crippen LogP contribution in [-0.2, 0) is 4.79 Å².